The van der Waals surface area contributed by atoms with Crippen LogP contribution in [0.2, 0.25) is 0 Å². The van der Waals surface area contributed by atoms with E-state index in [1.54, 1.807) is 0 Å². The number of halogens is 3. The van der Waals surface area contributed by atoms with Crippen molar-refractivity contribution in [3.8, 4) is 0 Å². The number of rotatable bonds is 5. The van der Waals surface area contributed by atoms with Crippen LogP contribution in [0.3, 0.4) is 0 Å². The van der Waals surface area contributed by atoms with Gasteiger partial charge in [0.2, 0.25) is 0 Å². The van der Waals surface area contributed by atoms with Crippen molar-refractivity contribution in [1.82, 2.24) is 15.0 Å². The minimum absolute atomic E-state index is 0.109. The molecule has 1 aromatic heterocycles. The first-order valence-corrected chi connectivity index (χ1v) is 5.97. The molecule has 0 saturated carbocycles. The molecule has 0 amide bonds. The van der Waals surface area contributed by atoms with Crippen molar-refractivity contribution in [3.63, 3.8) is 0 Å². The van der Waals surface area contributed by atoms with Crippen LogP contribution in [0.25, 0.3) is 0 Å². The molecule has 1 rings (SSSR count). The third-order valence-electron chi connectivity index (χ3n) is 2.86. The molecule has 0 bridgehead atoms. The van der Waals surface area contributed by atoms with Gasteiger partial charge in [0, 0.05) is 6.54 Å². The third-order valence-corrected chi connectivity index (χ3v) is 2.86. The van der Waals surface area contributed by atoms with E-state index in [1.807, 2.05) is 13.8 Å². The van der Waals surface area contributed by atoms with E-state index < -0.39 is 12.2 Å². The van der Waals surface area contributed by atoms with E-state index in [0.717, 1.165) is 18.0 Å². The summed E-state index contributed by atoms with van der Waals surface area (Å²) in [6, 6.07) is -1.67. The molecule has 1 aromatic rings. The van der Waals surface area contributed by atoms with Crippen LogP contribution in [0.15, 0.2) is 0 Å². The SMILES string of the molecule is CC(C)CCc1c(CN)nnn1C(C)C(F)(F)F. The maximum atomic E-state index is 12.7. The molecule has 1 atom stereocenters. The van der Waals surface area contributed by atoms with Crippen LogP contribution in [-0.2, 0) is 13.0 Å². The Hall–Kier alpha value is -1.11. The summed E-state index contributed by atoms with van der Waals surface area (Å²) >= 11 is 0. The van der Waals surface area contributed by atoms with E-state index >= 15 is 0 Å². The molecule has 0 saturated heterocycles. The molecule has 0 fully saturated rings. The fraction of sp³-hybridized carbons (Fsp3) is 0.818. The van der Waals surface area contributed by atoms with Gasteiger partial charge in [-0.25, -0.2) is 4.68 Å². The molecule has 7 heteroatoms. The lowest BCUT2D eigenvalue weighted by Gasteiger charge is -2.18. The first kappa shape index (κ1) is 14.9. The monoisotopic (exact) mass is 264 g/mol. The fourth-order valence-corrected chi connectivity index (χ4v) is 1.64. The van der Waals surface area contributed by atoms with Crippen molar-refractivity contribution in [2.75, 3.05) is 0 Å². The Balaban J connectivity index is 3.01. The standard InChI is InChI=1S/C11H19F3N4/c1-7(2)4-5-10-9(6-15)16-17-18(10)8(3)11(12,13)14/h7-8H,4-6,15H2,1-3H3. The molecule has 0 aromatic carbocycles. The topological polar surface area (TPSA) is 56.7 Å². The number of nitrogens with two attached hydrogens (primary N) is 1. The molecular formula is C11H19F3N4. The van der Waals surface area contributed by atoms with E-state index in [-0.39, 0.29) is 6.54 Å². The average molecular weight is 264 g/mol. The Morgan fingerprint density at radius 1 is 1.28 bits per heavy atom. The molecule has 1 unspecified atom stereocenters. The first-order chi connectivity index (χ1) is 8.27. The summed E-state index contributed by atoms with van der Waals surface area (Å²) in [6.45, 7) is 5.22. The Morgan fingerprint density at radius 3 is 2.33 bits per heavy atom. The van der Waals surface area contributed by atoms with Crippen LogP contribution >= 0.6 is 0 Å². The second kappa shape index (κ2) is 5.69. The Bertz CT molecular complexity index is 384. The van der Waals surface area contributed by atoms with E-state index in [1.165, 1.54) is 0 Å². The summed E-state index contributed by atoms with van der Waals surface area (Å²) in [5.74, 6) is 0.403. The molecule has 2 N–H and O–H groups in total. The van der Waals surface area contributed by atoms with E-state index in [4.69, 9.17) is 5.73 Å². The largest absolute Gasteiger partial charge is 0.410 e. The summed E-state index contributed by atoms with van der Waals surface area (Å²) < 4.78 is 39.1. The predicted molar refractivity (Wildman–Crippen MR) is 61.8 cm³/mol. The van der Waals surface area contributed by atoms with Gasteiger partial charge < -0.3 is 5.73 Å². The van der Waals surface area contributed by atoms with Crippen LogP contribution in [-0.4, -0.2) is 21.2 Å². The van der Waals surface area contributed by atoms with Gasteiger partial charge in [0.1, 0.15) is 6.04 Å². The van der Waals surface area contributed by atoms with Gasteiger partial charge >= 0.3 is 6.18 Å². The van der Waals surface area contributed by atoms with Crippen molar-refractivity contribution >= 4 is 0 Å². The lowest BCUT2D eigenvalue weighted by atomic mass is 10.0. The van der Waals surface area contributed by atoms with Crippen LogP contribution in [0.5, 0.6) is 0 Å². The smallest absolute Gasteiger partial charge is 0.325 e. The minimum atomic E-state index is -4.33. The summed E-state index contributed by atoms with van der Waals surface area (Å²) in [5, 5.41) is 7.33. The van der Waals surface area contributed by atoms with Crippen LogP contribution in [0.1, 0.15) is 44.6 Å². The fourth-order valence-electron chi connectivity index (χ4n) is 1.64. The number of alkyl halides is 3. The molecule has 0 aliphatic rings. The van der Waals surface area contributed by atoms with Crippen LogP contribution in [0.4, 0.5) is 13.2 Å². The molecule has 104 valence electrons. The zero-order valence-corrected chi connectivity index (χ0v) is 10.8. The molecule has 1 heterocycles. The summed E-state index contributed by atoms with van der Waals surface area (Å²) in [4.78, 5) is 0. The normalized spacial score (nSPS) is 14.2. The second-order valence-electron chi connectivity index (χ2n) is 4.78. The van der Waals surface area contributed by atoms with E-state index in [2.05, 4.69) is 10.3 Å². The maximum Gasteiger partial charge on any atom is 0.410 e. The van der Waals surface area contributed by atoms with Gasteiger partial charge in [-0.15, -0.1) is 5.10 Å². The molecule has 0 radical (unpaired) electrons. The van der Waals surface area contributed by atoms with Crippen molar-refractivity contribution in [1.29, 1.82) is 0 Å². The summed E-state index contributed by atoms with van der Waals surface area (Å²) in [7, 11) is 0. The highest BCUT2D eigenvalue weighted by molar-refractivity contribution is 5.11. The third kappa shape index (κ3) is 3.44. The van der Waals surface area contributed by atoms with Gasteiger partial charge in [-0.3, -0.25) is 0 Å². The Kier molecular flexibility index (Phi) is 4.72. The molecular weight excluding hydrogens is 245 g/mol. The number of hydrogen-bond donors (Lipinski definition) is 1. The minimum Gasteiger partial charge on any atom is -0.325 e. The van der Waals surface area contributed by atoms with E-state index in [9.17, 15) is 13.2 Å². The average Bonchev–Trinajstić information content (AvgIpc) is 2.66. The van der Waals surface area contributed by atoms with Gasteiger partial charge in [0.05, 0.1) is 11.4 Å². The lowest BCUT2D eigenvalue weighted by Crippen LogP contribution is -2.26. The first-order valence-electron chi connectivity index (χ1n) is 5.97. The van der Waals surface area contributed by atoms with Gasteiger partial charge in [-0.1, -0.05) is 19.1 Å². The quantitative estimate of drug-likeness (QED) is 0.888. The van der Waals surface area contributed by atoms with Gasteiger partial charge in [0.15, 0.2) is 0 Å². The molecule has 0 aliphatic heterocycles. The predicted octanol–water partition coefficient (Wildman–Crippen LogP) is 2.45. The molecule has 18 heavy (non-hydrogen) atoms. The highest BCUT2D eigenvalue weighted by Crippen LogP contribution is 2.31. The van der Waals surface area contributed by atoms with E-state index in [0.29, 0.717) is 23.7 Å². The highest BCUT2D eigenvalue weighted by Gasteiger charge is 2.39. The number of aromatic nitrogens is 3. The summed E-state index contributed by atoms with van der Waals surface area (Å²) in [6.07, 6.45) is -3.03. The zero-order chi connectivity index (χ0) is 13.9. The van der Waals surface area contributed by atoms with Gasteiger partial charge in [-0.05, 0) is 25.7 Å². The van der Waals surface area contributed by atoms with Gasteiger partial charge in [0.25, 0.3) is 0 Å². The van der Waals surface area contributed by atoms with Crippen molar-refractivity contribution in [2.24, 2.45) is 11.7 Å². The zero-order valence-electron chi connectivity index (χ0n) is 10.8. The lowest BCUT2D eigenvalue weighted by molar-refractivity contribution is -0.166. The molecule has 0 spiro atoms. The molecule has 4 nitrogen and oxygen atoms in total. The van der Waals surface area contributed by atoms with Crippen molar-refractivity contribution in [2.45, 2.75) is 52.4 Å². The second-order valence-corrected chi connectivity index (χ2v) is 4.78. The van der Waals surface area contributed by atoms with Crippen LogP contribution < -0.4 is 5.73 Å². The van der Waals surface area contributed by atoms with Crippen molar-refractivity contribution in [3.05, 3.63) is 11.4 Å². The Labute approximate surface area is 104 Å². The maximum absolute atomic E-state index is 12.7. The summed E-state index contributed by atoms with van der Waals surface area (Å²) in [5.41, 5.74) is 6.43. The molecule has 0 aliphatic carbocycles. The number of nitrogens with zero attached hydrogens (tertiary/aromatic N) is 3. The van der Waals surface area contributed by atoms with Crippen molar-refractivity contribution < 1.29 is 13.2 Å². The highest BCUT2D eigenvalue weighted by atomic mass is 19.4. The Morgan fingerprint density at radius 2 is 1.89 bits per heavy atom. The van der Waals surface area contributed by atoms with Gasteiger partial charge in [-0.2, -0.15) is 13.2 Å². The van der Waals surface area contributed by atoms with Crippen LogP contribution in [0, 0.1) is 5.92 Å². The number of hydrogen-bond acceptors (Lipinski definition) is 3.